The Hall–Kier alpha value is -1.23. The molecule has 1 aliphatic heterocycles. The van der Waals surface area contributed by atoms with E-state index in [0.29, 0.717) is 29.3 Å². The van der Waals surface area contributed by atoms with E-state index in [4.69, 9.17) is 0 Å². The van der Waals surface area contributed by atoms with Gasteiger partial charge in [0.1, 0.15) is 0 Å². The first-order chi connectivity index (χ1) is 10.6. The van der Waals surface area contributed by atoms with Gasteiger partial charge in [-0.1, -0.05) is 19.8 Å². The number of hydrogen-bond acceptors (Lipinski definition) is 3. The Balaban J connectivity index is 1.71. The van der Waals surface area contributed by atoms with Gasteiger partial charge in [0.2, 0.25) is 5.91 Å². The molecule has 22 heavy (non-hydrogen) atoms. The average molecular weight is 320 g/mol. The highest BCUT2D eigenvalue weighted by atomic mass is 32.2. The van der Waals surface area contributed by atoms with Crippen LogP contribution in [-0.2, 0) is 11.3 Å². The van der Waals surface area contributed by atoms with Crippen LogP contribution in [-0.4, -0.2) is 21.0 Å². The summed E-state index contributed by atoms with van der Waals surface area (Å²) in [4.78, 5) is 24.2. The SMILES string of the molecule is CCn1cc(NC(=O)C2SC3CCCCC3C2C)ccc1=O. The van der Waals surface area contributed by atoms with E-state index in [-0.39, 0.29) is 16.7 Å². The van der Waals surface area contributed by atoms with E-state index in [1.54, 1.807) is 16.8 Å². The lowest BCUT2D eigenvalue weighted by Gasteiger charge is -2.26. The second-order valence-electron chi connectivity index (χ2n) is 6.43. The first-order valence-corrected chi connectivity index (χ1v) is 9.21. The number of nitrogens with zero attached hydrogens (tertiary/aromatic N) is 1. The van der Waals surface area contributed by atoms with Crippen molar-refractivity contribution in [2.24, 2.45) is 11.8 Å². The Morgan fingerprint density at radius 3 is 2.86 bits per heavy atom. The number of amides is 1. The minimum atomic E-state index is -0.0323. The quantitative estimate of drug-likeness (QED) is 0.931. The fourth-order valence-electron chi connectivity index (χ4n) is 3.80. The van der Waals surface area contributed by atoms with Gasteiger partial charge in [-0.05, 0) is 37.7 Å². The Kier molecular flexibility index (Phi) is 4.62. The number of carbonyl (C=O) groups is 1. The number of carbonyl (C=O) groups excluding carboxylic acids is 1. The molecule has 5 heteroatoms. The molecule has 2 aliphatic rings. The lowest BCUT2D eigenvalue weighted by atomic mass is 9.79. The third-order valence-corrected chi connectivity index (χ3v) is 6.95. The number of pyridine rings is 1. The number of aromatic nitrogens is 1. The molecule has 4 atom stereocenters. The summed E-state index contributed by atoms with van der Waals surface area (Å²) in [7, 11) is 0. The second-order valence-corrected chi connectivity index (χ2v) is 7.82. The summed E-state index contributed by atoms with van der Waals surface area (Å²) in [5.41, 5.74) is 0.684. The maximum Gasteiger partial charge on any atom is 0.250 e. The van der Waals surface area contributed by atoms with E-state index >= 15 is 0 Å². The zero-order chi connectivity index (χ0) is 15.7. The fourth-order valence-corrected chi connectivity index (χ4v) is 5.70. The third-order valence-electron chi connectivity index (χ3n) is 5.08. The van der Waals surface area contributed by atoms with Gasteiger partial charge in [-0.15, -0.1) is 11.8 Å². The largest absolute Gasteiger partial charge is 0.324 e. The highest BCUT2D eigenvalue weighted by Gasteiger charge is 2.45. The van der Waals surface area contributed by atoms with Gasteiger partial charge in [0.25, 0.3) is 5.56 Å². The van der Waals surface area contributed by atoms with Crippen LogP contribution in [0.25, 0.3) is 0 Å². The molecule has 1 N–H and O–H groups in total. The molecule has 2 heterocycles. The van der Waals surface area contributed by atoms with Crippen LogP contribution in [0.15, 0.2) is 23.1 Å². The van der Waals surface area contributed by atoms with E-state index < -0.39 is 0 Å². The molecule has 2 fully saturated rings. The summed E-state index contributed by atoms with van der Waals surface area (Å²) in [6, 6.07) is 3.22. The molecule has 1 aromatic rings. The monoisotopic (exact) mass is 320 g/mol. The molecule has 0 radical (unpaired) electrons. The third kappa shape index (κ3) is 2.96. The number of aryl methyl sites for hydroxylation is 1. The van der Waals surface area contributed by atoms with E-state index in [1.165, 1.54) is 31.7 Å². The van der Waals surface area contributed by atoms with Crippen LogP contribution in [0.4, 0.5) is 5.69 Å². The number of thioether (sulfide) groups is 1. The molecule has 1 aromatic heterocycles. The van der Waals surface area contributed by atoms with Gasteiger partial charge in [-0.25, -0.2) is 0 Å². The number of anilines is 1. The molecule has 0 bridgehead atoms. The standard InChI is InChI=1S/C17H24N2O2S/c1-3-19-10-12(8-9-15(19)20)18-17(21)16-11(2)13-6-4-5-7-14(13)22-16/h8-11,13-14,16H,3-7H2,1-2H3,(H,18,21). The van der Waals surface area contributed by atoms with Crippen LogP contribution in [0, 0.1) is 11.8 Å². The smallest absolute Gasteiger partial charge is 0.250 e. The Bertz CT molecular complexity index is 613. The summed E-state index contributed by atoms with van der Waals surface area (Å²) < 4.78 is 1.61. The van der Waals surface area contributed by atoms with Gasteiger partial charge in [0.05, 0.1) is 10.9 Å². The molecule has 0 spiro atoms. The second kappa shape index (κ2) is 6.49. The van der Waals surface area contributed by atoms with Crippen LogP contribution < -0.4 is 10.9 Å². The van der Waals surface area contributed by atoms with Crippen molar-refractivity contribution in [1.82, 2.24) is 4.57 Å². The minimum Gasteiger partial charge on any atom is -0.324 e. The molecule has 1 amide bonds. The summed E-state index contributed by atoms with van der Waals surface area (Å²) in [6.45, 7) is 4.76. The average Bonchev–Trinajstić information content (AvgIpc) is 2.87. The Labute approximate surface area is 135 Å². The van der Waals surface area contributed by atoms with Crippen LogP contribution in [0.2, 0.25) is 0 Å². The van der Waals surface area contributed by atoms with Crippen molar-refractivity contribution in [2.45, 2.75) is 56.6 Å². The van der Waals surface area contributed by atoms with Crippen LogP contribution in [0.3, 0.4) is 0 Å². The summed E-state index contributed by atoms with van der Waals surface area (Å²) >= 11 is 1.86. The maximum absolute atomic E-state index is 12.6. The molecule has 1 saturated heterocycles. The van der Waals surface area contributed by atoms with Crippen molar-refractivity contribution in [3.63, 3.8) is 0 Å². The van der Waals surface area contributed by atoms with Crippen LogP contribution in [0.5, 0.6) is 0 Å². The first kappa shape index (κ1) is 15.7. The fraction of sp³-hybridized carbons (Fsp3) is 0.647. The summed E-state index contributed by atoms with van der Waals surface area (Å²) in [5.74, 6) is 1.22. The zero-order valence-electron chi connectivity index (χ0n) is 13.2. The van der Waals surface area contributed by atoms with Gasteiger partial charge < -0.3 is 9.88 Å². The van der Waals surface area contributed by atoms with Crippen molar-refractivity contribution in [3.8, 4) is 0 Å². The molecule has 3 rings (SSSR count). The molecule has 1 aliphatic carbocycles. The van der Waals surface area contributed by atoms with Crippen molar-refractivity contribution >= 4 is 23.4 Å². The summed E-state index contributed by atoms with van der Waals surface area (Å²) in [5, 5.41) is 3.70. The topological polar surface area (TPSA) is 51.1 Å². The zero-order valence-corrected chi connectivity index (χ0v) is 14.1. The molecular weight excluding hydrogens is 296 g/mol. The van der Waals surface area contributed by atoms with Crippen molar-refractivity contribution in [1.29, 1.82) is 0 Å². The van der Waals surface area contributed by atoms with Gasteiger partial charge in [0.15, 0.2) is 0 Å². The first-order valence-electron chi connectivity index (χ1n) is 8.27. The molecule has 0 aromatic carbocycles. The highest BCUT2D eigenvalue weighted by Crippen LogP contribution is 2.49. The Morgan fingerprint density at radius 1 is 1.36 bits per heavy atom. The van der Waals surface area contributed by atoms with Gasteiger partial charge in [-0.3, -0.25) is 9.59 Å². The normalized spacial score (nSPS) is 30.8. The molecular formula is C17H24N2O2S. The minimum absolute atomic E-state index is 0.0323. The van der Waals surface area contributed by atoms with Gasteiger partial charge in [-0.2, -0.15) is 0 Å². The van der Waals surface area contributed by atoms with Crippen LogP contribution >= 0.6 is 11.8 Å². The number of fused-ring (bicyclic) bond motifs is 1. The van der Waals surface area contributed by atoms with Gasteiger partial charge >= 0.3 is 0 Å². The van der Waals surface area contributed by atoms with Crippen molar-refractivity contribution in [2.75, 3.05) is 5.32 Å². The van der Waals surface area contributed by atoms with Crippen molar-refractivity contribution < 1.29 is 4.79 Å². The van der Waals surface area contributed by atoms with Crippen molar-refractivity contribution in [3.05, 3.63) is 28.7 Å². The van der Waals surface area contributed by atoms with E-state index in [2.05, 4.69) is 12.2 Å². The van der Waals surface area contributed by atoms with E-state index in [9.17, 15) is 9.59 Å². The molecule has 120 valence electrons. The maximum atomic E-state index is 12.6. The van der Waals surface area contributed by atoms with Gasteiger partial charge in [0, 0.05) is 24.1 Å². The number of nitrogens with one attached hydrogen (secondary N) is 1. The van der Waals surface area contributed by atoms with Crippen LogP contribution in [0.1, 0.15) is 39.5 Å². The predicted octanol–water partition coefficient (Wildman–Crippen LogP) is 3.12. The molecule has 4 nitrogen and oxygen atoms in total. The van der Waals surface area contributed by atoms with E-state index in [1.807, 2.05) is 18.7 Å². The lowest BCUT2D eigenvalue weighted by Crippen LogP contribution is -2.31. The number of hydrogen-bond donors (Lipinski definition) is 1. The molecule has 4 unspecified atom stereocenters. The number of rotatable bonds is 3. The van der Waals surface area contributed by atoms with E-state index in [0.717, 1.165) is 0 Å². The predicted molar refractivity (Wildman–Crippen MR) is 91.3 cm³/mol. The summed E-state index contributed by atoms with van der Waals surface area (Å²) in [6.07, 6.45) is 6.86. The lowest BCUT2D eigenvalue weighted by molar-refractivity contribution is -0.116. The molecule has 1 saturated carbocycles. The highest BCUT2D eigenvalue weighted by molar-refractivity contribution is 8.01. The Morgan fingerprint density at radius 2 is 2.14 bits per heavy atom.